The van der Waals surface area contributed by atoms with Crippen molar-refractivity contribution in [3.63, 3.8) is 0 Å². The number of carbonyl (C=O) groups is 1. The average Bonchev–Trinajstić information content (AvgIpc) is 3.15. The van der Waals surface area contributed by atoms with Gasteiger partial charge >= 0.3 is 0 Å². The van der Waals surface area contributed by atoms with Crippen LogP contribution in [0, 0.1) is 0 Å². The van der Waals surface area contributed by atoms with Crippen molar-refractivity contribution in [1.29, 1.82) is 0 Å². The fourth-order valence-corrected chi connectivity index (χ4v) is 3.68. The number of nitrogens with one attached hydrogen (secondary N) is 1. The van der Waals surface area contributed by atoms with E-state index in [2.05, 4.69) is 20.3 Å². The van der Waals surface area contributed by atoms with E-state index in [-0.39, 0.29) is 11.9 Å². The van der Waals surface area contributed by atoms with Gasteiger partial charge in [-0.3, -0.25) is 9.36 Å². The van der Waals surface area contributed by atoms with Crippen molar-refractivity contribution in [1.82, 2.24) is 24.8 Å². The Morgan fingerprint density at radius 3 is 2.62 bits per heavy atom. The number of methoxy groups -OCH3 is 1. The lowest BCUT2D eigenvalue weighted by atomic mass is 9.82. The topological polar surface area (TPSA) is 81.9 Å². The number of ether oxygens (including phenoxy) is 1. The fourth-order valence-electron chi connectivity index (χ4n) is 3.68. The normalized spacial score (nSPS) is 23.4. The molecule has 2 aliphatic rings. The summed E-state index contributed by atoms with van der Waals surface area (Å²) in [5.41, 5.74) is 1.41. The number of aromatic nitrogens is 4. The summed E-state index contributed by atoms with van der Waals surface area (Å²) >= 11 is 0. The third-order valence-corrected chi connectivity index (χ3v) is 5.57. The van der Waals surface area contributed by atoms with Crippen molar-refractivity contribution in [2.75, 3.05) is 7.11 Å². The second-order valence-corrected chi connectivity index (χ2v) is 7.26. The largest absolute Gasteiger partial charge is 0.381 e. The highest BCUT2D eigenvalue weighted by Crippen LogP contribution is 2.35. The standard InChI is InChI=1S/C19H25N5O2/c1-26-15-7-5-14(6-8-15)21-18(25)17-11-16(13-3-2-4-13)22-19(23-17)24-10-9-20-12-24/h9-15H,2-8H2,1H3,(H,21,25). The van der Waals surface area contributed by atoms with Gasteiger partial charge in [-0.2, -0.15) is 0 Å². The molecule has 1 amide bonds. The highest BCUT2D eigenvalue weighted by Gasteiger charge is 2.26. The number of nitrogens with zero attached hydrogens (tertiary/aromatic N) is 4. The van der Waals surface area contributed by atoms with Crippen LogP contribution in [0.1, 0.15) is 67.0 Å². The summed E-state index contributed by atoms with van der Waals surface area (Å²) in [7, 11) is 1.75. The van der Waals surface area contributed by atoms with E-state index in [1.165, 1.54) is 6.42 Å². The number of amides is 1. The van der Waals surface area contributed by atoms with Gasteiger partial charge in [0, 0.05) is 37.2 Å². The minimum absolute atomic E-state index is 0.116. The summed E-state index contributed by atoms with van der Waals surface area (Å²) < 4.78 is 7.16. The van der Waals surface area contributed by atoms with Gasteiger partial charge in [0.1, 0.15) is 12.0 Å². The van der Waals surface area contributed by atoms with E-state index < -0.39 is 0 Å². The Labute approximate surface area is 153 Å². The van der Waals surface area contributed by atoms with E-state index in [0.717, 1.165) is 44.2 Å². The average molecular weight is 355 g/mol. The molecule has 7 heteroatoms. The number of hydrogen-bond donors (Lipinski definition) is 1. The van der Waals surface area contributed by atoms with Gasteiger partial charge in [0.05, 0.1) is 6.10 Å². The van der Waals surface area contributed by atoms with E-state index in [9.17, 15) is 4.79 Å². The van der Waals surface area contributed by atoms with Gasteiger partial charge in [0.25, 0.3) is 5.91 Å². The van der Waals surface area contributed by atoms with Crippen molar-refractivity contribution in [2.45, 2.75) is 63.0 Å². The van der Waals surface area contributed by atoms with Gasteiger partial charge in [-0.25, -0.2) is 15.0 Å². The summed E-state index contributed by atoms with van der Waals surface area (Å²) in [6.07, 6.45) is 12.8. The quantitative estimate of drug-likeness (QED) is 0.891. The lowest BCUT2D eigenvalue weighted by Gasteiger charge is -2.28. The molecule has 0 unspecified atom stereocenters. The Morgan fingerprint density at radius 2 is 2.00 bits per heavy atom. The Kier molecular flexibility index (Phi) is 4.97. The summed E-state index contributed by atoms with van der Waals surface area (Å²) in [4.78, 5) is 26.0. The van der Waals surface area contributed by atoms with Crippen LogP contribution in [0.25, 0.3) is 5.95 Å². The summed E-state index contributed by atoms with van der Waals surface area (Å²) in [6, 6.07) is 2.05. The van der Waals surface area contributed by atoms with Crippen molar-refractivity contribution < 1.29 is 9.53 Å². The number of rotatable bonds is 5. The van der Waals surface area contributed by atoms with Crippen LogP contribution < -0.4 is 5.32 Å². The van der Waals surface area contributed by atoms with Crippen LogP contribution in [0.3, 0.4) is 0 Å². The van der Waals surface area contributed by atoms with Crippen LogP contribution in [0.15, 0.2) is 24.8 Å². The molecule has 2 aromatic rings. The molecule has 0 radical (unpaired) electrons. The van der Waals surface area contributed by atoms with Crippen molar-refractivity contribution in [3.05, 3.63) is 36.2 Å². The van der Waals surface area contributed by atoms with E-state index in [0.29, 0.717) is 23.7 Å². The monoisotopic (exact) mass is 355 g/mol. The first kappa shape index (κ1) is 17.1. The molecular formula is C19H25N5O2. The lowest BCUT2D eigenvalue weighted by Crippen LogP contribution is -2.39. The molecule has 2 saturated carbocycles. The van der Waals surface area contributed by atoms with Crippen LogP contribution in [-0.2, 0) is 4.74 Å². The van der Waals surface area contributed by atoms with Crippen molar-refractivity contribution >= 4 is 5.91 Å². The second kappa shape index (κ2) is 7.53. The highest BCUT2D eigenvalue weighted by atomic mass is 16.5. The van der Waals surface area contributed by atoms with E-state index in [1.54, 1.807) is 30.4 Å². The van der Waals surface area contributed by atoms with Crippen LogP contribution >= 0.6 is 0 Å². The summed E-state index contributed by atoms with van der Waals surface area (Å²) in [5.74, 6) is 0.833. The zero-order valence-electron chi connectivity index (χ0n) is 15.1. The first-order chi connectivity index (χ1) is 12.7. The predicted molar refractivity (Wildman–Crippen MR) is 96.3 cm³/mol. The molecule has 0 saturated heterocycles. The zero-order chi connectivity index (χ0) is 17.9. The molecule has 0 spiro atoms. The number of hydrogen-bond acceptors (Lipinski definition) is 5. The SMILES string of the molecule is COC1CCC(NC(=O)c2cc(C3CCC3)nc(-n3ccnc3)n2)CC1. The zero-order valence-corrected chi connectivity index (χ0v) is 15.1. The third-order valence-electron chi connectivity index (χ3n) is 5.57. The molecule has 1 N–H and O–H groups in total. The van der Waals surface area contributed by atoms with Crippen LogP contribution in [0.2, 0.25) is 0 Å². The molecule has 0 aromatic carbocycles. The highest BCUT2D eigenvalue weighted by molar-refractivity contribution is 5.92. The van der Waals surface area contributed by atoms with Gasteiger partial charge in [-0.15, -0.1) is 0 Å². The van der Waals surface area contributed by atoms with Gasteiger partial charge in [-0.05, 0) is 44.6 Å². The van der Waals surface area contributed by atoms with Gasteiger partial charge in [0.15, 0.2) is 0 Å². The molecule has 2 aliphatic carbocycles. The maximum Gasteiger partial charge on any atom is 0.270 e. The molecular weight excluding hydrogens is 330 g/mol. The summed E-state index contributed by atoms with van der Waals surface area (Å²) in [5, 5.41) is 3.14. The van der Waals surface area contributed by atoms with Gasteiger partial charge in [0.2, 0.25) is 5.95 Å². The van der Waals surface area contributed by atoms with Crippen LogP contribution in [0.5, 0.6) is 0 Å². The molecule has 2 aromatic heterocycles. The van der Waals surface area contributed by atoms with Crippen LogP contribution in [-0.4, -0.2) is 44.7 Å². The van der Waals surface area contributed by atoms with Crippen LogP contribution in [0.4, 0.5) is 0 Å². The second-order valence-electron chi connectivity index (χ2n) is 7.26. The van der Waals surface area contributed by atoms with Crippen molar-refractivity contribution in [2.24, 2.45) is 0 Å². The minimum Gasteiger partial charge on any atom is -0.381 e. The Bertz CT molecular complexity index is 749. The molecule has 0 atom stereocenters. The third kappa shape index (κ3) is 3.62. The molecule has 0 bridgehead atoms. The smallest absolute Gasteiger partial charge is 0.270 e. The van der Waals surface area contributed by atoms with Gasteiger partial charge < -0.3 is 10.1 Å². The van der Waals surface area contributed by atoms with Crippen molar-refractivity contribution in [3.8, 4) is 5.95 Å². The van der Waals surface area contributed by atoms with E-state index >= 15 is 0 Å². The minimum atomic E-state index is -0.116. The maximum atomic E-state index is 12.8. The van der Waals surface area contributed by atoms with Gasteiger partial charge in [-0.1, -0.05) is 6.42 Å². The Balaban J connectivity index is 1.53. The molecule has 0 aliphatic heterocycles. The molecule has 26 heavy (non-hydrogen) atoms. The predicted octanol–water partition coefficient (Wildman–Crippen LogP) is 2.62. The molecule has 4 rings (SSSR count). The first-order valence-corrected chi connectivity index (χ1v) is 9.44. The number of carbonyl (C=O) groups excluding carboxylic acids is 1. The molecule has 2 fully saturated rings. The first-order valence-electron chi connectivity index (χ1n) is 9.44. The Hall–Kier alpha value is -2.28. The Morgan fingerprint density at radius 1 is 1.19 bits per heavy atom. The lowest BCUT2D eigenvalue weighted by molar-refractivity contribution is 0.0598. The maximum absolute atomic E-state index is 12.8. The number of imidazole rings is 1. The van der Waals surface area contributed by atoms with E-state index in [1.807, 2.05) is 6.07 Å². The van der Waals surface area contributed by atoms with E-state index in [4.69, 9.17) is 4.74 Å². The fraction of sp³-hybridized carbons (Fsp3) is 0.579. The molecule has 138 valence electrons. The summed E-state index contributed by atoms with van der Waals surface area (Å²) in [6.45, 7) is 0. The molecule has 7 nitrogen and oxygen atoms in total. The molecule has 2 heterocycles.